The molecule has 0 radical (unpaired) electrons. The Balaban J connectivity index is 1.33. The third kappa shape index (κ3) is 1.80. The van der Waals surface area contributed by atoms with Gasteiger partial charge in [0, 0.05) is 24.4 Å². The summed E-state index contributed by atoms with van der Waals surface area (Å²) in [4.78, 5) is 15.7. The fourth-order valence-corrected chi connectivity index (χ4v) is 7.56. The number of hydrogen-bond acceptors (Lipinski definition) is 1. The number of carbonyl (C=O) groups is 1. The van der Waals surface area contributed by atoms with E-state index in [-0.39, 0.29) is 5.92 Å². The minimum Gasteiger partial charge on any atom is -0.338 e. The van der Waals surface area contributed by atoms with Gasteiger partial charge in [0.05, 0.1) is 0 Å². The van der Waals surface area contributed by atoms with Gasteiger partial charge in [0.1, 0.15) is 0 Å². The van der Waals surface area contributed by atoms with Crippen molar-refractivity contribution < 1.29 is 4.79 Å². The van der Waals surface area contributed by atoms with Crippen LogP contribution in [0.4, 0.5) is 0 Å². The normalized spacial score (nSPS) is 45.4. The first-order valence-corrected chi connectivity index (χ1v) is 10.2. The number of amides is 1. The van der Waals surface area contributed by atoms with E-state index in [0.29, 0.717) is 17.9 Å². The van der Waals surface area contributed by atoms with Crippen molar-refractivity contribution in [1.82, 2.24) is 4.90 Å². The monoisotopic (exact) mass is 321 g/mol. The molecule has 1 saturated heterocycles. The summed E-state index contributed by atoms with van der Waals surface area (Å²) in [6.07, 6.45) is 9.30. The number of fused-ring (bicyclic) bond motifs is 3. The van der Waals surface area contributed by atoms with Gasteiger partial charge in [-0.3, -0.25) is 4.79 Å². The van der Waals surface area contributed by atoms with Crippen LogP contribution in [0, 0.1) is 29.6 Å². The highest BCUT2D eigenvalue weighted by atomic mass is 16.2. The first-order valence-electron chi connectivity index (χ1n) is 10.2. The average Bonchev–Trinajstić information content (AvgIpc) is 2.91. The van der Waals surface area contributed by atoms with Crippen LogP contribution < -0.4 is 0 Å². The van der Waals surface area contributed by atoms with E-state index in [1.165, 1.54) is 43.2 Å². The highest BCUT2D eigenvalue weighted by molar-refractivity contribution is 5.83. The molecule has 1 aliphatic heterocycles. The summed E-state index contributed by atoms with van der Waals surface area (Å²) in [7, 11) is 0. The van der Waals surface area contributed by atoms with Crippen molar-refractivity contribution in [1.29, 1.82) is 0 Å². The SMILES string of the molecule is O=C1[C@H]2CCc3ccccc3[C@@H]2CN1C1C2CC3CC(C2)CC1C3. The molecule has 126 valence electrons. The fraction of sp³-hybridized carbons (Fsp3) is 0.682. The Hall–Kier alpha value is -1.31. The van der Waals surface area contributed by atoms with Crippen molar-refractivity contribution in [2.75, 3.05) is 6.54 Å². The summed E-state index contributed by atoms with van der Waals surface area (Å²) in [6.45, 7) is 1.01. The second-order valence-electron chi connectivity index (χ2n) is 9.36. The molecule has 6 aliphatic rings. The highest BCUT2D eigenvalue weighted by Crippen LogP contribution is 2.56. The van der Waals surface area contributed by atoms with Gasteiger partial charge in [-0.2, -0.15) is 0 Å². The number of hydrogen-bond donors (Lipinski definition) is 0. The Morgan fingerprint density at radius 2 is 1.58 bits per heavy atom. The third-order valence-corrected chi connectivity index (χ3v) is 8.20. The molecule has 24 heavy (non-hydrogen) atoms. The standard InChI is InChI=1S/C22H27NO/c24-22-19-6-5-15-3-1-2-4-18(15)20(19)12-23(22)21-16-8-13-7-14(10-16)11-17(21)9-13/h1-4,13-14,16-17,19-21H,5-12H2/t13?,14?,16?,17?,19-,20-,21?/m0/s1. The lowest BCUT2D eigenvalue weighted by Crippen LogP contribution is -2.56. The Kier molecular flexibility index (Phi) is 2.82. The lowest BCUT2D eigenvalue weighted by molar-refractivity contribution is -0.141. The van der Waals surface area contributed by atoms with Crippen molar-refractivity contribution in [3.8, 4) is 0 Å². The van der Waals surface area contributed by atoms with Gasteiger partial charge in [0.15, 0.2) is 0 Å². The largest absolute Gasteiger partial charge is 0.338 e. The Morgan fingerprint density at radius 1 is 0.875 bits per heavy atom. The van der Waals surface area contributed by atoms with E-state index < -0.39 is 0 Å². The van der Waals surface area contributed by atoms with Gasteiger partial charge in [-0.15, -0.1) is 0 Å². The molecular formula is C22H27NO. The molecule has 0 N–H and O–H groups in total. The van der Waals surface area contributed by atoms with E-state index in [1.807, 2.05) is 0 Å². The lowest BCUT2D eigenvalue weighted by Gasteiger charge is -2.56. The molecule has 1 amide bonds. The third-order valence-electron chi connectivity index (χ3n) is 8.20. The van der Waals surface area contributed by atoms with Crippen LogP contribution in [0.2, 0.25) is 0 Å². The summed E-state index contributed by atoms with van der Waals surface area (Å²) in [6, 6.07) is 9.48. The van der Waals surface area contributed by atoms with E-state index in [1.54, 1.807) is 0 Å². The summed E-state index contributed by atoms with van der Waals surface area (Å²) in [5.74, 6) is 4.87. The van der Waals surface area contributed by atoms with Crippen LogP contribution in [-0.2, 0) is 11.2 Å². The van der Waals surface area contributed by atoms with Crippen LogP contribution in [-0.4, -0.2) is 23.4 Å². The Bertz CT molecular complexity index is 667. The molecule has 2 nitrogen and oxygen atoms in total. The molecule has 5 fully saturated rings. The maximum absolute atomic E-state index is 13.3. The van der Waals surface area contributed by atoms with Crippen LogP contribution >= 0.6 is 0 Å². The summed E-state index contributed by atoms with van der Waals surface area (Å²) in [5, 5.41) is 0. The van der Waals surface area contributed by atoms with Gasteiger partial charge in [-0.25, -0.2) is 0 Å². The Labute approximate surface area is 144 Å². The number of aryl methyl sites for hydroxylation is 1. The lowest BCUT2D eigenvalue weighted by atomic mass is 9.54. The van der Waals surface area contributed by atoms with Crippen LogP contribution in [0.25, 0.3) is 0 Å². The van der Waals surface area contributed by atoms with Gasteiger partial charge in [-0.05, 0) is 79.7 Å². The summed E-state index contributed by atoms with van der Waals surface area (Å²) < 4.78 is 0. The van der Waals surface area contributed by atoms with Gasteiger partial charge >= 0.3 is 0 Å². The van der Waals surface area contributed by atoms with Crippen molar-refractivity contribution >= 4 is 5.91 Å². The van der Waals surface area contributed by atoms with Crippen LogP contribution in [0.15, 0.2) is 24.3 Å². The van der Waals surface area contributed by atoms with Crippen molar-refractivity contribution in [3.05, 3.63) is 35.4 Å². The summed E-state index contributed by atoms with van der Waals surface area (Å²) in [5.41, 5.74) is 2.98. The van der Waals surface area contributed by atoms with Crippen molar-refractivity contribution in [3.63, 3.8) is 0 Å². The number of carbonyl (C=O) groups excluding carboxylic acids is 1. The minimum absolute atomic E-state index is 0.275. The molecule has 1 aromatic carbocycles. The van der Waals surface area contributed by atoms with Crippen LogP contribution in [0.1, 0.15) is 55.6 Å². The van der Waals surface area contributed by atoms with Gasteiger partial charge in [0.25, 0.3) is 0 Å². The molecular weight excluding hydrogens is 294 g/mol. The molecule has 0 aromatic heterocycles. The smallest absolute Gasteiger partial charge is 0.226 e. The first kappa shape index (κ1) is 13.9. The van der Waals surface area contributed by atoms with Gasteiger partial charge < -0.3 is 4.90 Å². The molecule has 2 atom stereocenters. The topological polar surface area (TPSA) is 20.3 Å². The quantitative estimate of drug-likeness (QED) is 0.765. The number of likely N-dealkylation sites (tertiary alicyclic amines) is 1. The van der Waals surface area contributed by atoms with E-state index >= 15 is 0 Å². The predicted octanol–water partition coefficient (Wildman–Crippen LogP) is 4.00. The van der Waals surface area contributed by atoms with E-state index in [9.17, 15) is 4.79 Å². The van der Waals surface area contributed by atoms with E-state index in [4.69, 9.17) is 0 Å². The van der Waals surface area contributed by atoms with Crippen LogP contribution in [0.5, 0.6) is 0 Å². The van der Waals surface area contributed by atoms with Crippen molar-refractivity contribution in [2.24, 2.45) is 29.6 Å². The molecule has 4 bridgehead atoms. The molecule has 1 heterocycles. The molecule has 1 aromatic rings. The molecule has 7 rings (SSSR count). The summed E-state index contributed by atoms with van der Waals surface area (Å²) >= 11 is 0. The van der Waals surface area contributed by atoms with Crippen LogP contribution in [0.3, 0.4) is 0 Å². The zero-order valence-electron chi connectivity index (χ0n) is 14.4. The molecule has 4 saturated carbocycles. The molecule has 0 spiro atoms. The molecule has 2 heteroatoms. The predicted molar refractivity (Wildman–Crippen MR) is 93.5 cm³/mol. The zero-order chi connectivity index (χ0) is 15.8. The molecule has 5 aliphatic carbocycles. The Morgan fingerprint density at radius 3 is 2.33 bits per heavy atom. The van der Waals surface area contributed by atoms with Gasteiger partial charge in [0.2, 0.25) is 5.91 Å². The number of rotatable bonds is 1. The maximum atomic E-state index is 13.3. The van der Waals surface area contributed by atoms with Gasteiger partial charge in [-0.1, -0.05) is 24.3 Å². The first-order chi connectivity index (χ1) is 11.8. The fourth-order valence-electron chi connectivity index (χ4n) is 7.56. The average molecular weight is 321 g/mol. The second kappa shape index (κ2) is 4.86. The second-order valence-corrected chi connectivity index (χ2v) is 9.36. The number of benzene rings is 1. The minimum atomic E-state index is 0.275. The van der Waals surface area contributed by atoms with E-state index in [2.05, 4.69) is 29.2 Å². The zero-order valence-corrected chi connectivity index (χ0v) is 14.4. The molecule has 0 unspecified atom stereocenters. The highest BCUT2D eigenvalue weighted by Gasteiger charge is 2.54. The maximum Gasteiger partial charge on any atom is 0.226 e. The van der Waals surface area contributed by atoms with Crippen molar-refractivity contribution in [2.45, 2.75) is 56.9 Å². The number of nitrogens with zero attached hydrogens (tertiary/aromatic N) is 1. The van der Waals surface area contributed by atoms with E-state index in [0.717, 1.165) is 43.1 Å².